The fraction of sp³-hybridized carbons (Fsp3) is 0.542. The summed E-state index contributed by atoms with van der Waals surface area (Å²) in [5.74, 6) is -3.03. The van der Waals surface area contributed by atoms with E-state index in [0.717, 1.165) is 5.56 Å². The lowest BCUT2D eigenvalue weighted by molar-refractivity contribution is -0.142. The van der Waals surface area contributed by atoms with E-state index in [0.29, 0.717) is 38.8 Å². The highest BCUT2D eigenvalue weighted by atomic mass is 16.4. The fourth-order valence-electron chi connectivity index (χ4n) is 3.41. The summed E-state index contributed by atoms with van der Waals surface area (Å²) < 4.78 is 0. The highest BCUT2D eigenvalue weighted by Crippen LogP contribution is 2.06. The molecule has 0 heterocycles. The molecule has 0 aromatic heterocycles. The summed E-state index contributed by atoms with van der Waals surface area (Å²) in [5.41, 5.74) is 22.8. The standard InChI is InChI=1S/C24H40N8O5/c1-15(20(33)31-18(23(36)37)11-5-6-12-25)30-22(35)19(14-16-8-3-2-4-9-16)32-21(34)17(26)10-7-13-29-24(27)28/h2-4,8-9,15,17-19H,5-7,10-14,25-26H2,1H3,(H,30,35)(H,31,33)(H,32,34)(H,36,37)(H4,27,28,29). The van der Waals surface area contributed by atoms with Crippen LogP contribution in [0, 0.1) is 0 Å². The van der Waals surface area contributed by atoms with Crippen molar-refractivity contribution in [1.82, 2.24) is 16.0 Å². The van der Waals surface area contributed by atoms with Crippen LogP contribution in [0.4, 0.5) is 0 Å². The molecule has 0 saturated carbocycles. The number of hydrogen-bond acceptors (Lipinski definition) is 7. The SMILES string of the molecule is CC(NC(=O)C(Cc1ccccc1)NC(=O)C(N)CCCN=C(N)N)C(=O)NC(CCCCN)C(=O)O. The number of carboxylic acid groups (broad SMARTS) is 1. The van der Waals surface area contributed by atoms with Crippen LogP contribution in [0.5, 0.6) is 0 Å². The maximum Gasteiger partial charge on any atom is 0.326 e. The number of benzene rings is 1. The summed E-state index contributed by atoms with van der Waals surface area (Å²) in [6, 6.07) is 4.96. The number of carbonyl (C=O) groups is 4. The minimum absolute atomic E-state index is 0.0546. The zero-order valence-electron chi connectivity index (χ0n) is 21.2. The average molecular weight is 521 g/mol. The molecule has 13 heteroatoms. The van der Waals surface area contributed by atoms with E-state index in [4.69, 9.17) is 22.9 Å². The van der Waals surface area contributed by atoms with Gasteiger partial charge in [0.15, 0.2) is 5.96 Å². The number of carbonyl (C=O) groups excluding carboxylic acids is 3. The highest BCUT2D eigenvalue weighted by Gasteiger charge is 2.28. The van der Waals surface area contributed by atoms with E-state index in [-0.39, 0.29) is 18.8 Å². The molecule has 4 unspecified atom stereocenters. The Morgan fingerprint density at radius 3 is 2.14 bits per heavy atom. The number of rotatable bonds is 17. The lowest BCUT2D eigenvalue weighted by Gasteiger charge is -2.23. The predicted molar refractivity (Wildman–Crippen MR) is 140 cm³/mol. The summed E-state index contributed by atoms with van der Waals surface area (Å²) >= 11 is 0. The van der Waals surface area contributed by atoms with Crippen LogP contribution < -0.4 is 38.9 Å². The molecule has 0 bridgehead atoms. The first kappa shape index (κ1) is 31.3. The van der Waals surface area contributed by atoms with Gasteiger partial charge in [0.1, 0.15) is 18.1 Å². The molecule has 0 aliphatic carbocycles. The number of unbranched alkanes of at least 4 members (excludes halogenated alkanes) is 1. The predicted octanol–water partition coefficient (Wildman–Crippen LogP) is -1.70. The summed E-state index contributed by atoms with van der Waals surface area (Å²) in [7, 11) is 0. The molecule has 0 spiro atoms. The number of nitrogens with zero attached hydrogens (tertiary/aromatic N) is 1. The zero-order valence-corrected chi connectivity index (χ0v) is 21.2. The number of aliphatic carboxylic acids is 1. The van der Waals surface area contributed by atoms with Crippen LogP contribution in [0.25, 0.3) is 0 Å². The van der Waals surface area contributed by atoms with Crippen LogP contribution >= 0.6 is 0 Å². The van der Waals surface area contributed by atoms with Gasteiger partial charge in [-0.15, -0.1) is 0 Å². The van der Waals surface area contributed by atoms with E-state index in [2.05, 4.69) is 20.9 Å². The van der Waals surface area contributed by atoms with E-state index in [1.54, 1.807) is 24.3 Å². The minimum Gasteiger partial charge on any atom is -0.480 e. The van der Waals surface area contributed by atoms with Crippen LogP contribution in [0.3, 0.4) is 0 Å². The van der Waals surface area contributed by atoms with Gasteiger partial charge in [0.2, 0.25) is 17.7 Å². The van der Waals surface area contributed by atoms with Crippen molar-refractivity contribution in [3.63, 3.8) is 0 Å². The molecule has 37 heavy (non-hydrogen) atoms. The lowest BCUT2D eigenvalue weighted by Crippen LogP contribution is -2.56. The number of amides is 3. The van der Waals surface area contributed by atoms with E-state index in [9.17, 15) is 24.3 Å². The Bertz CT molecular complexity index is 908. The fourth-order valence-corrected chi connectivity index (χ4v) is 3.41. The number of nitrogens with one attached hydrogen (secondary N) is 3. The van der Waals surface area contributed by atoms with E-state index in [1.165, 1.54) is 6.92 Å². The maximum atomic E-state index is 13.1. The van der Waals surface area contributed by atoms with Gasteiger partial charge in [-0.05, 0) is 51.1 Å². The Labute approximate surface area is 216 Å². The Morgan fingerprint density at radius 1 is 0.892 bits per heavy atom. The largest absolute Gasteiger partial charge is 0.480 e. The highest BCUT2D eigenvalue weighted by molar-refractivity contribution is 5.94. The van der Waals surface area contributed by atoms with Crippen molar-refractivity contribution < 1.29 is 24.3 Å². The Hall–Kier alpha value is -3.71. The van der Waals surface area contributed by atoms with Crippen molar-refractivity contribution in [3.05, 3.63) is 35.9 Å². The first-order valence-electron chi connectivity index (χ1n) is 12.2. The van der Waals surface area contributed by atoms with Crippen molar-refractivity contribution in [2.75, 3.05) is 13.1 Å². The van der Waals surface area contributed by atoms with Crippen molar-refractivity contribution in [2.45, 2.75) is 69.6 Å². The van der Waals surface area contributed by atoms with Crippen LogP contribution in [-0.4, -0.2) is 72.0 Å². The molecule has 12 N–H and O–H groups in total. The third-order valence-electron chi connectivity index (χ3n) is 5.53. The van der Waals surface area contributed by atoms with Gasteiger partial charge in [0.25, 0.3) is 0 Å². The number of carboxylic acids is 1. The van der Waals surface area contributed by atoms with E-state index < -0.39 is 47.9 Å². The number of nitrogens with two attached hydrogens (primary N) is 4. The van der Waals surface area contributed by atoms with Crippen LogP contribution in [0.2, 0.25) is 0 Å². The molecule has 13 nitrogen and oxygen atoms in total. The summed E-state index contributed by atoms with van der Waals surface area (Å²) in [5, 5.41) is 17.0. The van der Waals surface area contributed by atoms with E-state index in [1.807, 2.05) is 6.07 Å². The molecule has 0 fully saturated rings. The Balaban J connectivity index is 2.83. The first-order valence-corrected chi connectivity index (χ1v) is 12.2. The molecule has 4 atom stereocenters. The van der Waals surface area contributed by atoms with Gasteiger partial charge in [-0.2, -0.15) is 0 Å². The van der Waals surface area contributed by atoms with Gasteiger partial charge < -0.3 is 44.0 Å². The molecule has 3 amide bonds. The number of guanidine groups is 1. The topological polar surface area (TPSA) is 241 Å². The van der Waals surface area contributed by atoms with Crippen molar-refractivity contribution in [2.24, 2.45) is 27.9 Å². The Morgan fingerprint density at radius 2 is 1.54 bits per heavy atom. The normalized spacial score (nSPS) is 13.9. The zero-order chi connectivity index (χ0) is 27.8. The molecular formula is C24H40N8O5. The van der Waals surface area contributed by atoms with Crippen LogP contribution in [0.15, 0.2) is 35.3 Å². The van der Waals surface area contributed by atoms with Gasteiger partial charge in [0, 0.05) is 13.0 Å². The lowest BCUT2D eigenvalue weighted by atomic mass is 10.0. The summed E-state index contributed by atoms with van der Waals surface area (Å²) in [6.45, 7) is 2.16. The van der Waals surface area contributed by atoms with Gasteiger partial charge in [-0.1, -0.05) is 30.3 Å². The second-order valence-electron chi connectivity index (χ2n) is 8.72. The minimum atomic E-state index is -1.17. The molecular weight excluding hydrogens is 480 g/mol. The first-order chi connectivity index (χ1) is 17.5. The molecule has 0 radical (unpaired) electrons. The molecule has 0 aliphatic rings. The number of aliphatic imine (C=N–C) groups is 1. The second kappa shape index (κ2) is 16.9. The smallest absolute Gasteiger partial charge is 0.326 e. The van der Waals surface area contributed by atoms with Gasteiger partial charge >= 0.3 is 5.97 Å². The van der Waals surface area contributed by atoms with Gasteiger partial charge in [0.05, 0.1) is 6.04 Å². The quantitative estimate of drug-likeness (QED) is 0.0662. The van der Waals surface area contributed by atoms with Crippen LogP contribution in [-0.2, 0) is 25.6 Å². The average Bonchev–Trinajstić information content (AvgIpc) is 2.85. The number of hydrogen-bond donors (Lipinski definition) is 8. The summed E-state index contributed by atoms with van der Waals surface area (Å²) in [6.07, 6.45) is 2.29. The van der Waals surface area contributed by atoms with Crippen molar-refractivity contribution >= 4 is 29.7 Å². The second-order valence-corrected chi connectivity index (χ2v) is 8.72. The molecule has 1 aromatic carbocycles. The molecule has 206 valence electrons. The van der Waals surface area contributed by atoms with Gasteiger partial charge in [-0.3, -0.25) is 19.4 Å². The van der Waals surface area contributed by atoms with Crippen molar-refractivity contribution in [1.29, 1.82) is 0 Å². The molecule has 0 aliphatic heterocycles. The molecule has 0 saturated heterocycles. The van der Waals surface area contributed by atoms with Crippen LogP contribution in [0.1, 0.15) is 44.6 Å². The maximum absolute atomic E-state index is 13.1. The van der Waals surface area contributed by atoms with Crippen molar-refractivity contribution in [3.8, 4) is 0 Å². The molecule has 1 rings (SSSR count). The van der Waals surface area contributed by atoms with Gasteiger partial charge in [-0.25, -0.2) is 4.79 Å². The Kier molecular flexibility index (Phi) is 14.3. The van der Waals surface area contributed by atoms with E-state index >= 15 is 0 Å². The third-order valence-corrected chi connectivity index (χ3v) is 5.53. The monoisotopic (exact) mass is 520 g/mol. The molecule has 1 aromatic rings. The summed E-state index contributed by atoms with van der Waals surface area (Å²) in [4.78, 5) is 53.7. The third kappa shape index (κ3) is 12.7.